The highest BCUT2D eigenvalue weighted by molar-refractivity contribution is 6.09. The van der Waals surface area contributed by atoms with Gasteiger partial charge in [0.15, 0.2) is 5.78 Å². The number of rotatable bonds is 2. The van der Waals surface area contributed by atoms with Gasteiger partial charge in [0, 0.05) is 38.6 Å². The van der Waals surface area contributed by atoms with E-state index >= 15 is 0 Å². The lowest BCUT2D eigenvalue weighted by Crippen LogP contribution is -2.09. The van der Waals surface area contributed by atoms with Gasteiger partial charge in [-0.15, -0.1) is 0 Å². The minimum Gasteiger partial charge on any atom is -0.383 e. The molecule has 1 aliphatic carbocycles. The van der Waals surface area contributed by atoms with Gasteiger partial charge in [-0.2, -0.15) is 5.10 Å². The Bertz CT molecular complexity index is 457. The van der Waals surface area contributed by atoms with Crippen molar-refractivity contribution in [3.05, 3.63) is 29.2 Å². The van der Waals surface area contributed by atoms with Crippen molar-refractivity contribution in [2.24, 2.45) is 0 Å². The van der Waals surface area contributed by atoms with Crippen LogP contribution in [-0.4, -0.2) is 34.6 Å². The van der Waals surface area contributed by atoms with E-state index in [0.29, 0.717) is 0 Å². The number of aryl methyl sites for hydroxylation is 2. The topological polar surface area (TPSA) is 38.1 Å². The van der Waals surface area contributed by atoms with E-state index in [1.807, 2.05) is 43.0 Å². The van der Waals surface area contributed by atoms with E-state index in [0.717, 1.165) is 42.6 Å². The fourth-order valence-electron chi connectivity index (χ4n) is 2.17. The largest absolute Gasteiger partial charge is 0.383 e. The summed E-state index contributed by atoms with van der Waals surface area (Å²) in [5, 5.41) is 4.45. The molecular weight excluding hydrogens is 214 g/mol. The third kappa shape index (κ3) is 2.40. The molecule has 0 aromatic carbocycles. The molecule has 17 heavy (non-hydrogen) atoms. The Morgan fingerprint density at radius 2 is 2.24 bits per heavy atom. The molecule has 4 nitrogen and oxygen atoms in total. The third-order valence-electron chi connectivity index (χ3n) is 2.97. The number of fused-ring (bicyclic) bond motifs is 1. The quantitative estimate of drug-likeness (QED) is 0.578. The minimum absolute atomic E-state index is 0.144. The van der Waals surface area contributed by atoms with Gasteiger partial charge in [0.05, 0.1) is 11.3 Å². The summed E-state index contributed by atoms with van der Waals surface area (Å²) >= 11 is 0. The van der Waals surface area contributed by atoms with Crippen molar-refractivity contribution in [3.8, 4) is 0 Å². The van der Waals surface area contributed by atoms with Crippen LogP contribution in [0.4, 0.5) is 0 Å². The van der Waals surface area contributed by atoms with Crippen molar-refractivity contribution < 1.29 is 4.79 Å². The summed E-state index contributed by atoms with van der Waals surface area (Å²) in [5.74, 6) is 0.144. The van der Waals surface area contributed by atoms with Gasteiger partial charge in [0.2, 0.25) is 0 Å². The minimum atomic E-state index is 0.144. The van der Waals surface area contributed by atoms with Gasteiger partial charge in [-0.05, 0) is 26.2 Å². The van der Waals surface area contributed by atoms with E-state index in [1.54, 1.807) is 0 Å². The van der Waals surface area contributed by atoms with Gasteiger partial charge in [0.25, 0.3) is 0 Å². The first-order chi connectivity index (χ1) is 8.11. The number of Topliss-reactive ketones (excluding diaryl/α,β-unsaturated/α-hetero) is 1. The molecule has 0 bridgehead atoms. The molecule has 0 spiro atoms. The van der Waals surface area contributed by atoms with Gasteiger partial charge in [-0.1, -0.05) is 0 Å². The lowest BCUT2D eigenvalue weighted by Gasteiger charge is -2.08. The summed E-state index contributed by atoms with van der Waals surface area (Å²) in [7, 11) is 3.89. The molecule has 0 amide bonds. The number of carbonyl (C=O) groups is 1. The zero-order chi connectivity index (χ0) is 12.4. The normalized spacial score (nSPS) is 18.1. The van der Waals surface area contributed by atoms with Crippen LogP contribution < -0.4 is 0 Å². The second-order valence-corrected chi connectivity index (χ2v) is 4.65. The van der Waals surface area contributed by atoms with Crippen LogP contribution in [0.2, 0.25) is 0 Å². The van der Waals surface area contributed by atoms with Gasteiger partial charge in [-0.3, -0.25) is 9.48 Å². The van der Waals surface area contributed by atoms with Crippen molar-refractivity contribution in [2.45, 2.75) is 32.7 Å². The van der Waals surface area contributed by atoms with Gasteiger partial charge in [0.1, 0.15) is 0 Å². The Morgan fingerprint density at radius 1 is 1.47 bits per heavy atom. The zero-order valence-electron chi connectivity index (χ0n) is 10.7. The molecule has 1 heterocycles. The average molecular weight is 233 g/mol. The van der Waals surface area contributed by atoms with Crippen molar-refractivity contribution in [2.75, 3.05) is 14.1 Å². The summed E-state index contributed by atoms with van der Waals surface area (Å²) in [6, 6.07) is 0. The maximum absolute atomic E-state index is 12.4. The monoisotopic (exact) mass is 233 g/mol. The van der Waals surface area contributed by atoms with E-state index in [2.05, 4.69) is 5.10 Å². The molecule has 0 saturated heterocycles. The fraction of sp³-hybridized carbons (Fsp3) is 0.538. The fourth-order valence-corrected chi connectivity index (χ4v) is 2.17. The first kappa shape index (κ1) is 11.9. The first-order valence-electron chi connectivity index (χ1n) is 6.10. The molecule has 0 fully saturated rings. The molecule has 1 aromatic rings. The molecule has 1 aliphatic rings. The lowest BCUT2D eigenvalue weighted by molar-refractivity contribution is 0.103. The molecule has 0 aliphatic heterocycles. The van der Waals surface area contributed by atoms with Crippen LogP contribution in [0.3, 0.4) is 0 Å². The SMILES string of the molecule is CCn1cc2c(n1)CCC/C(=C/N(C)C)C2=O. The second kappa shape index (κ2) is 4.73. The van der Waals surface area contributed by atoms with Crippen molar-refractivity contribution >= 4 is 5.78 Å². The maximum atomic E-state index is 12.4. The highest BCUT2D eigenvalue weighted by Gasteiger charge is 2.23. The van der Waals surface area contributed by atoms with E-state index in [4.69, 9.17) is 0 Å². The van der Waals surface area contributed by atoms with Crippen LogP contribution in [0, 0.1) is 0 Å². The summed E-state index contributed by atoms with van der Waals surface area (Å²) < 4.78 is 1.85. The summed E-state index contributed by atoms with van der Waals surface area (Å²) in [5.41, 5.74) is 2.64. The molecule has 0 unspecified atom stereocenters. The van der Waals surface area contributed by atoms with Crippen LogP contribution in [-0.2, 0) is 13.0 Å². The number of hydrogen-bond donors (Lipinski definition) is 0. The smallest absolute Gasteiger partial charge is 0.193 e. The Kier molecular flexibility index (Phi) is 3.31. The number of nitrogens with zero attached hydrogens (tertiary/aromatic N) is 3. The number of ketones is 1. The van der Waals surface area contributed by atoms with Gasteiger partial charge in [-0.25, -0.2) is 0 Å². The number of carbonyl (C=O) groups excluding carboxylic acids is 1. The van der Waals surface area contributed by atoms with Crippen LogP contribution >= 0.6 is 0 Å². The maximum Gasteiger partial charge on any atom is 0.193 e. The molecule has 92 valence electrons. The molecular formula is C13H19N3O. The summed E-state index contributed by atoms with van der Waals surface area (Å²) in [6.45, 7) is 2.85. The predicted octanol–water partition coefficient (Wildman–Crippen LogP) is 1.87. The Balaban J connectivity index is 2.38. The lowest BCUT2D eigenvalue weighted by atomic mass is 10.1. The third-order valence-corrected chi connectivity index (χ3v) is 2.97. The van der Waals surface area contributed by atoms with Crippen LogP contribution in [0.1, 0.15) is 35.8 Å². The van der Waals surface area contributed by atoms with Crippen LogP contribution in [0.25, 0.3) is 0 Å². The van der Waals surface area contributed by atoms with Crippen molar-refractivity contribution in [1.29, 1.82) is 0 Å². The number of allylic oxidation sites excluding steroid dienone is 1. The molecule has 0 radical (unpaired) electrons. The number of aromatic nitrogens is 2. The Morgan fingerprint density at radius 3 is 2.88 bits per heavy atom. The molecule has 0 saturated carbocycles. The zero-order valence-corrected chi connectivity index (χ0v) is 10.7. The van der Waals surface area contributed by atoms with Crippen molar-refractivity contribution in [1.82, 2.24) is 14.7 Å². The Hall–Kier alpha value is -1.58. The second-order valence-electron chi connectivity index (χ2n) is 4.65. The average Bonchev–Trinajstić information content (AvgIpc) is 2.64. The van der Waals surface area contributed by atoms with E-state index in [9.17, 15) is 4.79 Å². The standard InChI is InChI=1S/C13H19N3O/c1-4-16-9-11-12(14-16)7-5-6-10(13(11)17)8-15(2)3/h8-9H,4-7H2,1-3H3/b10-8-. The highest BCUT2D eigenvalue weighted by atomic mass is 16.1. The number of hydrogen-bond acceptors (Lipinski definition) is 3. The highest BCUT2D eigenvalue weighted by Crippen LogP contribution is 2.23. The molecule has 4 heteroatoms. The van der Waals surface area contributed by atoms with Crippen LogP contribution in [0.15, 0.2) is 18.0 Å². The van der Waals surface area contributed by atoms with E-state index in [1.165, 1.54) is 0 Å². The summed E-state index contributed by atoms with van der Waals surface area (Å²) in [6.07, 6.45) is 6.56. The molecule has 0 atom stereocenters. The molecule has 2 rings (SSSR count). The Labute approximate surface area is 102 Å². The molecule has 1 aromatic heterocycles. The van der Waals surface area contributed by atoms with E-state index in [-0.39, 0.29) is 5.78 Å². The predicted molar refractivity (Wildman–Crippen MR) is 66.9 cm³/mol. The van der Waals surface area contributed by atoms with Gasteiger partial charge < -0.3 is 4.90 Å². The van der Waals surface area contributed by atoms with Gasteiger partial charge >= 0.3 is 0 Å². The molecule has 0 N–H and O–H groups in total. The van der Waals surface area contributed by atoms with Crippen molar-refractivity contribution in [3.63, 3.8) is 0 Å². The first-order valence-corrected chi connectivity index (χ1v) is 6.10. The van der Waals surface area contributed by atoms with E-state index < -0.39 is 0 Å². The van der Waals surface area contributed by atoms with Crippen LogP contribution in [0.5, 0.6) is 0 Å². The summed E-state index contributed by atoms with van der Waals surface area (Å²) in [4.78, 5) is 14.3.